The van der Waals surface area contributed by atoms with Crippen LogP contribution in [-0.4, -0.2) is 25.2 Å². The molecule has 7 heteroatoms. The molecule has 1 aliphatic carbocycles. The summed E-state index contributed by atoms with van der Waals surface area (Å²) < 4.78 is 27.4. The Balaban J connectivity index is 1.52. The first-order chi connectivity index (χ1) is 12.5. The highest BCUT2D eigenvalue weighted by Crippen LogP contribution is 2.30. The minimum atomic E-state index is -3.45. The van der Waals surface area contributed by atoms with Crippen molar-refractivity contribution in [3.63, 3.8) is 0 Å². The maximum absolute atomic E-state index is 12.8. The van der Waals surface area contributed by atoms with E-state index in [2.05, 4.69) is 5.32 Å². The standard InChI is InChI=1S/C19H22N2O3S2/c22-19(15-4-1-2-5-15)20-17-8-7-14-9-10-21(13-16(14)12-17)26(23,24)18-6-3-11-25-18/h3,6-8,11-12,15H,1-2,4-5,9-10,13H2,(H,20,22). The average Bonchev–Trinajstić information content (AvgIpc) is 3.34. The molecule has 2 heterocycles. The lowest BCUT2D eigenvalue weighted by atomic mass is 10.00. The zero-order valence-corrected chi connectivity index (χ0v) is 16.1. The second-order valence-corrected chi connectivity index (χ2v) is 10.1. The van der Waals surface area contributed by atoms with Crippen LogP contribution in [0.15, 0.2) is 39.9 Å². The molecule has 2 aromatic rings. The molecule has 0 saturated heterocycles. The van der Waals surface area contributed by atoms with Gasteiger partial charge >= 0.3 is 0 Å². The van der Waals surface area contributed by atoms with Crippen LogP contribution in [0.3, 0.4) is 0 Å². The summed E-state index contributed by atoms with van der Waals surface area (Å²) in [4.78, 5) is 12.3. The van der Waals surface area contributed by atoms with E-state index in [-0.39, 0.29) is 11.8 Å². The van der Waals surface area contributed by atoms with Gasteiger partial charge in [-0.15, -0.1) is 11.3 Å². The van der Waals surface area contributed by atoms with Crippen molar-refractivity contribution in [3.05, 3.63) is 46.8 Å². The Morgan fingerprint density at radius 3 is 2.69 bits per heavy atom. The van der Waals surface area contributed by atoms with Gasteiger partial charge in [0.25, 0.3) is 10.0 Å². The number of thiophene rings is 1. The molecular formula is C19H22N2O3S2. The molecule has 26 heavy (non-hydrogen) atoms. The molecule has 1 aromatic carbocycles. The van der Waals surface area contributed by atoms with Crippen LogP contribution in [0, 0.1) is 5.92 Å². The van der Waals surface area contributed by atoms with Crippen LogP contribution in [0.5, 0.6) is 0 Å². The lowest BCUT2D eigenvalue weighted by Gasteiger charge is -2.28. The Labute approximate surface area is 158 Å². The number of carbonyl (C=O) groups is 1. The number of carbonyl (C=O) groups excluding carboxylic acids is 1. The summed E-state index contributed by atoms with van der Waals surface area (Å²) in [5, 5.41) is 4.79. The molecule has 1 aliphatic heterocycles. The van der Waals surface area contributed by atoms with Gasteiger partial charge in [-0.2, -0.15) is 4.31 Å². The lowest BCUT2D eigenvalue weighted by molar-refractivity contribution is -0.119. The quantitative estimate of drug-likeness (QED) is 0.867. The van der Waals surface area contributed by atoms with Crippen molar-refractivity contribution in [2.75, 3.05) is 11.9 Å². The fraction of sp³-hybridized carbons (Fsp3) is 0.421. The minimum absolute atomic E-state index is 0.0846. The highest BCUT2D eigenvalue weighted by Gasteiger charge is 2.29. The van der Waals surface area contributed by atoms with E-state index in [4.69, 9.17) is 0 Å². The van der Waals surface area contributed by atoms with Crippen LogP contribution in [0.1, 0.15) is 36.8 Å². The van der Waals surface area contributed by atoms with Gasteiger partial charge in [-0.3, -0.25) is 4.79 Å². The average molecular weight is 391 g/mol. The Hall–Kier alpha value is -1.70. The van der Waals surface area contributed by atoms with Crippen molar-refractivity contribution >= 4 is 33.0 Å². The van der Waals surface area contributed by atoms with Crippen molar-refractivity contribution in [1.29, 1.82) is 0 Å². The van der Waals surface area contributed by atoms with Crippen LogP contribution >= 0.6 is 11.3 Å². The number of nitrogens with zero attached hydrogens (tertiary/aromatic N) is 1. The van der Waals surface area contributed by atoms with Gasteiger partial charge in [-0.25, -0.2) is 8.42 Å². The molecule has 5 nitrogen and oxygen atoms in total. The number of hydrogen-bond acceptors (Lipinski definition) is 4. The van der Waals surface area contributed by atoms with Crippen molar-refractivity contribution in [2.24, 2.45) is 5.92 Å². The molecule has 0 radical (unpaired) electrons. The summed E-state index contributed by atoms with van der Waals surface area (Å²) in [6.07, 6.45) is 4.86. The van der Waals surface area contributed by atoms with Gasteiger partial charge in [0.2, 0.25) is 5.91 Å². The number of anilines is 1. The molecule has 1 saturated carbocycles. The maximum atomic E-state index is 12.8. The van der Waals surface area contributed by atoms with E-state index in [1.807, 2.05) is 18.2 Å². The molecule has 2 aliphatic rings. The Kier molecular flexibility index (Phi) is 4.86. The number of amides is 1. The number of fused-ring (bicyclic) bond motifs is 1. The Morgan fingerprint density at radius 2 is 1.96 bits per heavy atom. The summed E-state index contributed by atoms with van der Waals surface area (Å²) >= 11 is 1.24. The topological polar surface area (TPSA) is 66.5 Å². The van der Waals surface area contributed by atoms with Crippen LogP contribution in [0.4, 0.5) is 5.69 Å². The summed E-state index contributed by atoms with van der Waals surface area (Å²) in [7, 11) is -3.45. The highest BCUT2D eigenvalue weighted by molar-refractivity contribution is 7.91. The van der Waals surface area contributed by atoms with Crippen LogP contribution in [0.2, 0.25) is 0 Å². The predicted molar refractivity (Wildman–Crippen MR) is 103 cm³/mol. The van der Waals surface area contributed by atoms with Crippen LogP contribution in [-0.2, 0) is 27.8 Å². The highest BCUT2D eigenvalue weighted by atomic mass is 32.2. The molecule has 0 unspecified atom stereocenters. The molecule has 138 valence electrons. The number of rotatable bonds is 4. The third kappa shape index (κ3) is 3.43. The number of nitrogens with one attached hydrogen (secondary N) is 1. The normalized spacial score (nSPS) is 18.6. The minimum Gasteiger partial charge on any atom is -0.326 e. The SMILES string of the molecule is O=C(Nc1ccc2c(c1)CN(S(=O)(=O)c1cccs1)CC2)C1CCCC1. The second kappa shape index (κ2) is 7.13. The number of sulfonamides is 1. The van der Waals surface area contributed by atoms with Gasteiger partial charge in [0, 0.05) is 24.7 Å². The molecule has 0 spiro atoms. The molecule has 0 atom stereocenters. The van der Waals surface area contributed by atoms with Crippen LogP contribution < -0.4 is 5.32 Å². The van der Waals surface area contributed by atoms with Crippen molar-refractivity contribution < 1.29 is 13.2 Å². The first kappa shape index (κ1) is 17.7. The molecule has 4 rings (SSSR count). The van der Waals surface area contributed by atoms with Gasteiger partial charge in [-0.05, 0) is 54.0 Å². The maximum Gasteiger partial charge on any atom is 0.252 e. The van der Waals surface area contributed by atoms with Gasteiger partial charge in [0.05, 0.1) is 0 Å². The smallest absolute Gasteiger partial charge is 0.252 e. The third-order valence-electron chi connectivity index (χ3n) is 5.27. The van der Waals surface area contributed by atoms with Gasteiger partial charge in [0.1, 0.15) is 4.21 Å². The van der Waals surface area contributed by atoms with Gasteiger partial charge < -0.3 is 5.32 Å². The number of benzene rings is 1. The molecule has 1 fully saturated rings. The molecule has 0 bridgehead atoms. The largest absolute Gasteiger partial charge is 0.326 e. The van der Waals surface area contributed by atoms with E-state index in [1.165, 1.54) is 15.6 Å². The zero-order chi connectivity index (χ0) is 18.1. The van der Waals surface area contributed by atoms with Gasteiger partial charge in [0.15, 0.2) is 0 Å². The first-order valence-electron chi connectivity index (χ1n) is 9.00. The van der Waals surface area contributed by atoms with Gasteiger partial charge in [-0.1, -0.05) is 25.0 Å². The molecule has 1 N–H and O–H groups in total. The first-order valence-corrected chi connectivity index (χ1v) is 11.3. The van der Waals surface area contributed by atoms with E-state index in [9.17, 15) is 13.2 Å². The van der Waals surface area contributed by atoms with Crippen LogP contribution in [0.25, 0.3) is 0 Å². The summed E-state index contributed by atoms with van der Waals surface area (Å²) in [5.41, 5.74) is 2.89. The lowest BCUT2D eigenvalue weighted by Crippen LogP contribution is -2.35. The molecule has 1 aromatic heterocycles. The van der Waals surface area contributed by atoms with E-state index in [1.54, 1.807) is 17.5 Å². The monoisotopic (exact) mass is 390 g/mol. The Bertz CT molecular complexity index is 901. The van der Waals surface area contributed by atoms with E-state index < -0.39 is 10.0 Å². The number of hydrogen-bond donors (Lipinski definition) is 1. The molecular weight excluding hydrogens is 368 g/mol. The Morgan fingerprint density at radius 1 is 1.15 bits per heavy atom. The summed E-state index contributed by atoms with van der Waals surface area (Å²) in [6.45, 7) is 0.837. The third-order valence-corrected chi connectivity index (χ3v) is 8.48. The van der Waals surface area contributed by atoms with E-state index in [0.717, 1.165) is 42.5 Å². The second-order valence-electron chi connectivity index (χ2n) is 6.97. The fourth-order valence-corrected chi connectivity index (χ4v) is 6.35. The van der Waals surface area contributed by atoms with Crippen molar-refractivity contribution in [1.82, 2.24) is 4.31 Å². The predicted octanol–water partition coefficient (Wildman–Crippen LogP) is 3.62. The zero-order valence-electron chi connectivity index (χ0n) is 14.5. The summed E-state index contributed by atoms with van der Waals surface area (Å²) in [6, 6.07) is 9.27. The van der Waals surface area contributed by atoms with Crippen molar-refractivity contribution in [2.45, 2.75) is 42.9 Å². The molecule has 1 amide bonds. The van der Waals surface area contributed by atoms with E-state index >= 15 is 0 Å². The van der Waals surface area contributed by atoms with Crippen molar-refractivity contribution in [3.8, 4) is 0 Å². The summed E-state index contributed by atoms with van der Waals surface area (Å²) in [5.74, 6) is 0.197. The fourth-order valence-electron chi connectivity index (χ4n) is 3.78. The van der Waals surface area contributed by atoms with E-state index in [0.29, 0.717) is 23.7 Å².